The summed E-state index contributed by atoms with van der Waals surface area (Å²) in [4.78, 5) is 56.1. The summed E-state index contributed by atoms with van der Waals surface area (Å²) in [6, 6.07) is 2.99. The number of aromatic nitrogens is 1. The molecule has 198 valence electrons. The number of hydrogen-bond donors (Lipinski definition) is 4. The molecule has 1 saturated carbocycles. The fourth-order valence-electron chi connectivity index (χ4n) is 6.28. The molecular weight excluding hydrogens is 483 g/mol. The summed E-state index contributed by atoms with van der Waals surface area (Å²) in [5.41, 5.74) is 0.159. The summed E-state index contributed by atoms with van der Waals surface area (Å²) in [6.45, 7) is 0.0188. The lowest BCUT2D eigenvalue weighted by Gasteiger charge is -2.29. The number of likely N-dealkylation sites (tertiary alicyclic amines) is 1. The number of aliphatic hydroxyl groups is 1. The number of Topliss-reactive ketones (excluding diaryl/α,β-unsaturated/α-hetero) is 1. The molecule has 0 bridgehead atoms. The first kappa shape index (κ1) is 25.2. The van der Waals surface area contributed by atoms with Gasteiger partial charge in [-0.05, 0) is 49.7 Å². The van der Waals surface area contributed by atoms with Crippen LogP contribution in [0.15, 0.2) is 18.2 Å². The van der Waals surface area contributed by atoms with Crippen LogP contribution in [-0.2, 0) is 14.4 Å². The predicted octanol–water partition coefficient (Wildman–Crippen LogP) is 1.13. The fraction of sp³-hybridized carbons (Fsp3) is 0.538. The average molecular weight is 515 g/mol. The number of fused-ring (bicyclic) bond motifs is 2. The second kappa shape index (κ2) is 10.1. The van der Waals surface area contributed by atoms with Crippen molar-refractivity contribution in [2.45, 2.75) is 44.2 Å². The highest BCUT2D eigenvalue weighted by Gasteiger charge is 2.50. The van der Waals surface area contributed by atoms with Gasteiger partial charge in [0.25, 0.3) is 5.91 Å². The monoisotopic (exact) mass is 514 g/mol. The molecule has 1 aromatic carbocycles. The predicted molar refractivity (Wildman–Crippen MR) is 130 cm³/mol. The molecule has 1 aliphatic carbocycles. The Balaban J connectivity index is 1.42. The molecule has 3 heterocycles. The molecular formula is C26H31FN4O6. The normalized spacial score (nSPS) is 25.7. The summed E-state index contributed by atoms with van der Waals surface area (Å²) in [5.74, 6) is -2.87. The molecule has 4 N–H and O–H groups in total. The van der Waals surface area contributed by atoms with Crippen LogP contribution in [0.2, 0.25) is 0 Å². The molecule has 11 heteroatoms. The van der Waals surface area contributed by atoms with E-state index >= 15 is 4.39 Å². The van der Waals surface area contributed by atoms with E-state index < -0.39 is 48.0 Å². The van der Waals surface area contributed by atoms with Gasteiger partial charge < -0.3 is 30.4 Å². The number of carbonyl (C=O) groups is 4. The van der Waals surface area contributed by atoms with Gasteiger partial charge in [0.05, 0.1) is 24.1 Å². The van der Waals surface area contributed by atoms with Crippen LogP contribution < -0.4 is 15.4 Å². The van der Waals surface area contributed by atoms with Crippen LogP contribution in [0.3, 0.4) is 0 Å². The van der Waals surface area contributed by atoms with Gasteiger partial charge in [-0.2, -0.15) is 0 Å². The van der Waals surface area contributed by atoms with E-state index in [-0.39, 0.29) is 35.2 Å². The van der Waals surface area contributed by atoms with Crippen molar-refractivity contribution >= 4 is 34.4 Å². The number of rotatable bonds is 8. The van der Waals surface area contributed by atoms with Crippen molar-refractivity contribution < 1.29 is 33.4 Å². The fourth-order valence-corrected chi connectivity index (χ4v) is 6.28. The van der Waals surface area contributed by atoms with Crippen molar-refractivity contribution in [2.75, 3.05) is 26.8 Å². The SMILES string of the molecule is COc1cccc2[nH]c(C(=O)N3CC4CCCC4C3C(=O)N[C@@H](C[C@@H]3CCNC3=O)C(=O)CO)c(F)c12. The van der Waals surface area contributed by atoms with Gasteiger partial charge in [-0.3, -0.25) is 19.2 Å². The number of benzene rings is 1. The maximum atomic E-state index is 15.5. The number of aliphatic hydroxyl groups excluding tert-OH is 1. The van der Waals surface area contributed by atoms with Crippen molar-refractivity contribution in [3.8, 4) is 5.75 Å². The third kappa shape index (κ3) is 4.45. The third-order valence-electron chi connectivity index (χ3n) is 8.12. The Labute approximate surface area is 212 Å². The first-order chi connectivity index (χ1) is 17.8. The first-order valence-electron chi connectivity index (χ1n) is 12.7. The molecule has 5 atom stereocenters. The molecule has 3 amide bonds. The van der Waals surface area contributed by atoms with Crippen molar-refractivity contribution in [3.05, 3.63) is 29.7 Å². The number of methoxy groups -OCH3 is 1. The Bertz CT molecular complexity index is 1250. The summed E-state index contributed by atoms with van der Waals surface area (Å²) >= 11 is 0. The molecule has 3 unspecified atom stereocenters. The largest absolute Gasteiger partial charge is 0.496 e. The molecule has 37 heavy (non-hydrogen) atoms. The summed E-state index contributed by atoms with van der Waals surface area (Å²) in [7, 11) is 1.42. The van der Waals surface area contributed by atoms with Gasteiger partial charge in [-0.25, -0.2) is 4.39 Å². The molecule has 5 rings (SSSR count). The van der Waals surface area contributed by atoms with Crippen LogP contribution >= 0.6 is 0 Å². The standard InChI is InChI=1S/C26H31FN4O6/c1-37-19-7-3-6-16-20(19)21(27)22(29-16)26(36)31-11-14-4-2-5-15(14)23(31)25(35)30-17(18(33)12-32)10-13-8-9-28-24(13)34/h3,6-7,13-15,17,23,29,32H,2,4-5,8-12H2,1H3,(H,28,34)(H,30,35)/t13-,14?,15?,17-,23?/m0/s1. The van der Waals surface area contributed by atoms with E-state index in [1.807, 2.05) is 0 Å². The van der Waals surface area contributed by atoms with E-state index in [0.717, 1.165) is 19.3 Å². The zero-order chi connectivity index (χ0) is 26.3. The van der Waals surface area contributed by atoms with E-state index in [9.17, 15) is 24.3 Å². The molecule has 3 fully saturated rings. The molecule has 2 saturated heterocycles. The quantitative estimate of drug-likeness (QED) is 0.416. The van der Waals surface area contributed by atoms with Gasteiger partial charge in [-0.1, -0.05) is 12.5 Å². The number of halogens is 1. The van der Waals surface area contributed by atoms with Gasteiger partial charge in [-0.15, -0.1) is 0 Å². The second-order valence-corrected chi connectivity index (χ2v) is 10.2. The minimum absolute atomic E-state index is 0.0716. The zero-order valence-electron chi connectivity index (χ0n) is 20.6. The van der Waals surface area contributed by atoms with E-state index in [4.69, 9.17) is 4.74 Å². The van der Waals surface area contributed by atoms with Gasteiger partial charge >= 0.3 is 0 Å². The van der Waals surface area contributed by atoms with Crippen molar-refractivity contribution in [3.63, 3.8) is 0 Å². The van der Waals surface area contributed by atoms with Crippen LogP contribution in [0.5, 0.6) is 5.75 Å². The maximum absolute atomic E-state index is 15.5. The van der Waals surface area contributed by atoms with Gasteiger partial charge in [0.15, 0.2) is 11.6 Å². The van der Waals surface area contributed by atoms with E-state index in [2.05, 4.69) is 15.6 Å². The van der Waals surface area contributed by atoms with Gasteiger partial charge in [0.2, 0.25) is 11.8 Å². The molecule has 2 aromatic rings. The topological polar surface area (TPSA) is 141 Å². The van der Waals surface area contributed by atoms with Crippen LogP contribution in [-0.4, -0.2) is 77.4 Å². The number of hydrogen-bond acceptors (Lipinski definition) is 6. The first-order valence-corrected chi connectivity index (χ1v) is 12.7. The van der Waals surface area contributed by atoms with Crippen molar-refractivity contribution in [1.82, 2.24) is 20.5 Å². The lowest BCUT2D eigenvalue weighted by atomic mass is 9.92. The Morgan fingerprint density at radius 2 is 2.08 bits per heavy atom. The minimum Gasteiger partial charge on any atom is -0.496 e. The van der Waals surface area contributed by atoms with E-state index in [1.165, 1.54) is 12.0 Å². The number of aromatic amines is 1. The van der Waals surface area contributed by atoms with Crippen LogP contribution in [0.25, 0.3) is 10.9 Å². The van der Waals surface area contributed by atoms with Crippen LogP contribution in [0.1, 0.15) is 42.6 Å². The average Bonchev–Trinajstić information content (AvgIpc) is 3.66. The number of nitrogens with one attached hydrogen (secondary N) is 3. The Hall–Kier alpha value is -3.47. The number of nitrogens with zero attached hydrogens (tertiary/aromatic N) is 1. The van der Waals surface area contributed by atoms with E-state index in [0.29, 0.717) is 30.8 Å². The smallest absolute Gasteiger partial charge is 0.274 e. The van der Waals surface area contributed by atoms with Crippen molar-refractivity contribution in [1.29, 1.82) is 0 Å². The lowest BCUT2D eigenvalue weighted by Crippen LogP contribution is -2.53. The number of carbonyl (C=O) groups excluding carboxylic acids is 4. The molecule has 1 aromatic heterocycles. The Kier molecular flexibility index (Phi) is 6.89. The minimum atomic E-state index is -1.06. The highest BCUT2D eigenvalue weighted by atomic mass is 19.1. The molecule has 2 aliphatic heterocycles. The molecule has 0 radical (unpaired) electrons. The Morgan fingerprint density at radius 1 is 1.27 bits per heavy atom. The van der Waals surface area contributed by atoms with E-state index in [1.54, 1.807) is 18.2 Å². The summed E-state index contributed by atoms with van der Waals surface area (Å²) in [6.07, 6.45) is 3.11. The van der Waals surface area contributed by atoms with Crippen molar-refractivity contribution in [2.24, 2.45) is 17.8 Å². The lowest BCUT2D eigenvalue weighted by molar-refractivity contribution is -0.133. The zero-order valence-corrected chi connectivity index (χ0v) is 20.6. The van der Waals surface area contributed by atoms with Crippen LogP contribution in [0, 0.1) is 23.6 Å². The van der Waals surface area contributed by atoms with Crippen LogP contribution in [0.4, 0.5) is 4.39 Å². The molecule has 3 aliphatic rings. The van der Waals surface area contributed by atoms with Gasteiger partial charge in [0.1, 0.15) is 24.1 Å². The molecule has 10 nitrogen and oxygen atoms in total. The second-order valence-electron chi connectivity index (χ2n) is 10.2. The Morgan fingerprint density at radius 3 is 2.78 bits per heavy atom. The molecule has 0 spiro atoms. The number of amides is 3. The summed E-state index contributed by atoms with van der Waals surface area (Å²) in [5, 5.41) is 15.1. The number of ether oxygens (including phenoxy) is 1. The highest BCUT2D eigenvalue weighted by Crippen LogP contribution is 2.43. The third-order valence-corrected chi connectivity index (χ3v) is 8.12. The number of ketones is 1. The highest BCUT2D eigenvalue weighted by molar-refractivity contribution is 6.03. The maximum Gasteiger partial charge on any atom is 0.274 e. The summed E-state index contributed by atoms with van der Waals surface area (Å²) < 4.78 is 20.7. The van der Waals surface area contributed by atoms with Gasteiger partial charge in [0, 0.05) is 19.0 Å². The number of H-pyrrole nitrogens is 1.